The molecule has 10 heteroatoms. The molecular formula is C19H17ClN6O3. The number of nitrogens with zero attached hydrogens (tertiary/aromatic N) is 6. The summed E-state index contributed by atoms with van der Waals surface area (Å²) in [5.41, 5.74) is 3.43. The van der Waals surface area contributed by atoms with Gasteiger partial charge in [-0.2, -0.15) is 15.1 Å². The summed E-state index contributed by atoms with van der Waals surface area (Å²) in [5, 5.41) is 8.66. The Labute approximate surface area is 170 Å². The fourth-order valence-electron chi connectivity index (χ4n) is 2.99. The quantitative estimate of drug-likeness (QED) is 0.444. The van der Waals surface area contributed by atoms with Crippen LogP contribution in [-0.2, 0) is 22.6 Å². The van der Waals surface area contributed by atoms with Crippen molar-refractivity contribution in [1.82, 2.24) is 29.7 Å². The van der Waals surface area contributed by atoms with E-state index < -0.39 is 0 Å². The van der Waals surface area contributed by atoms with Crippen LogP contribution in [-0.4, -0.2) is 35.7 Å². The number of aryl methyl sites for hydroxylation is 2. The molecule has 0 saturated carbocycles. The maximum atomic E-state index is 12.2. The number of rotatable bonds is 6. The molecule has 4 aromatic rings. The van der Waals surface area contributed by atoms with Crippen LogP contribution in [0.1, 0.15) is 29.3 Å². The fourth-order valence-corrected chi connectivity index (χ4v) is 3.11. The van der Waals surface area contributed by atoms with Crippen molar-refractivity contribution < 1.29 is 14.1 Å². The van der Waals surface area contributed by atoms with Gasteiger partial charge in [0, 0.05) is 28.4 Å². The molecule has 0 bridgehead atoms. The van der Waals surface area contributed by atoms with Crippen LogP contribution in [0.4, 0.5) is 0 Å². The van der Waals surface area contributed by atoms with Crippen LogP contribution >= 0.6 is 11.6 Å². The number of carbonyl (C=O) groups is 1. The molecule has 3 heterocycles. The summed E-state index contributed by atoms with van der Waals surface area (Å²) in [6.07, 6.45) is 2.14. The molecule has 148 valence electrons. The molecule has 1 aromatic carbocycles. The lowest BCUT2D eigenvalue weighted by Gasteiger charge is -2.09. The lowest BCUT2D eigenvalue weighted by atomic mass is 10.1. The maximum Gasteiger partial charge on any atom is 0.306 e. The summed E-state index contributed by atoms with van der Waals surface area (Å²) < 4.78 is 12.1. The number of carbonyl (C=O) groups excluding carboxylic acids is 1. The molecule has 0 aliphatic heterocycles. The van der Waals surface area contributed by atoms with Gasteiger partial charge in [-0.3, -0.25) is 4.79 Å². The van der Waals surface area contributed by atoms with E-state index in [1.807, 2.05) is 13.8 Å². The first kappa shape index (κ1) is 19.0. The van der Waals surface area contributed by atoms with Gasteiger partial charge in [0.05, 0.1) is 0 Å². The Morgan fingerprint density at radius 3 is 2.79 bits per heavy atom. The number of aromatic nitrogens is 6. The van der Waals surface area contributed by atoms with E-state index in [-0.39, 0.29) is 24.9 Å². The standard InChI is InChI=1S/C19H17ClN6O3/c1-11-15(12(2)26-19(23-11)21-10-22-26)7-8-17(27)28-9-16-24-18(25-29-16)13-3-5-14(20)6-4-13/h3-6,10H,7-9H2,1-2H3. The van der Waals surface area contributed by atoms with E-state index >= 15 is 0 Å². The summed E-state index contributed by atoms with van der Waals surface area (Å²) in [7, 11) is 0. The zero-order chi connectivity index (χ0) is 20.4. The van der Waals surface area contributed by atoms with Crippen LogP contribution in [0.2, 0.25) is 5.02 Å². The van der Waals surface area contributed by atoms with E-state index in [0.717, 1.165) is 22.5 Å². The van der Waals surface area contributed by atoms with Gasteiger partial charge in [0.25, 0.3) is 11.7 Å². The fraction of sp³-hybridized carbons (Fsp3) is 0.263. The first-order valence-corrected chi connectivity index (χ1v) is 9.29. The van der Waals surface area contributed by atoms with Gasteiger partial charge >= 0.3 is 5.97 Å². The van der Waals surface area contributed by atoms with Gasteiger partial charge in [0.15, 0.2) is 6.61 Å². The largest absolute Gasteiger partial charge is 0.456 e. The molecule has 0 spiro atoms. The summed E-state index contributed by atoms with van der Waals surface area (Å²) in [6, 6.07) is 7.05. The van der Waals surface area contributed by atoms with Crippen LogP contribution in [0.5, 0.6) is 0 Å². The molecule has 3 aromatic heterocycles. The van der Waals surface area contributed by atoms with Crippen LogP contribution in [0.3, 0.4) is 0 Å². The predicted molar refractivity (Wildman–Crippen MR) is 103 cm³/mol. The van der Waals surface area contributed by atoms with Crippen molar-refractivity contribution in [2.24, 2.45) is 0 Å². The molecule has 29 heavy (non-hydrogen) atoms. The van der Waals surface area contributed by atoms with Crippen LogP contribution in [0.25, 0.3) is 17.2 Å². The summed E-state index contributed by atoms with van der Waals surface area (Å²) in [6.45, 7) is 3.73. The van der Waals surface area contributed by atoms with Crippen molar-refractivity contribution in [2.75, 3.05) is 0 Å². The second kappa shape index (κ2) is 7.96. The van der Waals surface area contributed by atoms with E-state index in [0.29, 0.717) is 23.0 Å². The molecular weight excluding hydrogens is 396 g/mol. The molecule has 0 saturated heterocycles. The van der Waals surface area contributed by atoms with Gasteiger partial charge in [0.2, 0.25) is 5.82 Å². The minimum absolute atomic E-state index is 0.0856. The van der Waals surface area contributed by atoms with Crippen LogP contribution < -0.4 is 0 Å². The smallest absolute Gasteiger partial charge is 0.306 e. The molecule has 0 atom stereocenters. The van der Waals surface area contributed by atoms with Gasteiger partial charge in [0.1, 0.15) is 6.33 Å². The third kappa shape index (κ3) is 4.09. The lowest BCUT2D eigenvalue weighted by molar-refractivity contribution is -0.145. The highest BCUT2D eigenvalue weighted by molar-refractivity contribution is 6.30. The Bertz CT molecular complexity index is 1170. The van der Waals surface area contributed by atoms with E-state index in [1.54, 1.807) is 28.8 Å². The number of ether oxygens (including phenoxy) is 1. The van der Waals surface area contributed by atoms with E-state index in [1.165, 1.54) is 6.33 Å². The van der Waals surface area contributed by atoms with Gasteiger partial charge in [-0.1, -0.05) is 16.8 Å². The number of hydrogen-bond donors (Lipinski definition) is 0. The molecule has 0 unspecified atom stereocenters. The summed E-state index contributed by atoms with van der Waals surface area (Å²) >= 11 is 5.87. The number of esters is 1. The Balaban J connectivity index is 1.35. The topological polar surface area (TPSA) is 108 Å². The van der Waals surface area contributed by atoms with Gasteiger partial charge in [-0.05, 0) is 50.1 Å². The number of fused-ring (bicyclic) bond motifs is 1. The predicted octanol–water partition coefficient (Wildman–Crippen LogP) is 3.12. The minimum atomic E-state index is -0.367. The molecule has 0 fully saturated rings. The van der Waals surface area contributed by atoms with Gasteiger partial charge in [-0.15, -0.1) is 0 Å². The zero-order valence-corrected chi connectivity index (χ0v) is 16.5. The molecule has 0 amide bonds. The number of halogens is 1. The van der Waals surface area contributed by atoms with Crippen molar-refractivity contribution in [3.63, 3.8) is 0 Å². The molecule has 4 rings (SSSR count). The van der Waals surface area contributed by atoms with Crippen molar-refractivity contribution in [1.29, 1.82) is 0 Å². The molecule has 0 aliphatic rings. The highest BCUT2D eigenvalue weighted by Gasteiger charge is 2.15. The summed E-state index contributed by atoms with van der Waals surface area (Å²) in [5.74, 6) is 0.806. The van der Waals surface area contributed by atoms with Crippen molar-refractivity contribution in [3.05, 3.63) is 58.5 Å². The second-order valence-electron chi connectivity index (χ2n) is 6.41. The molecule has 0 aliphatic carbocycles. The van der Waals surface area contributed by atoms with E-state index in [2.05, 4.69) is 25.2 Å². The summed E-state index contributed by atoms with van der Waals surface area (Å²) in [4.78, 5) is 24.9. The minimum Gasteiger partial charge on any atom is -0.456 e. The van der Waals surface area contributed by atoms with Crippen LogP contribution in [0.15, 0.2) is 35.1 Å². The average molecular weight is 413 g/mol. The van der Waals surface area contributed by atoms with E-state index in [9.17, 15) is 4.79 Å². The molecule has 0 radical (unpaired) electrons. The third-order valence-electron chi connectivity index (χ3n) is 4.49. The Hall–Kier alpha value is -3.33. The second-order valence-corrected chi connectivity index (χ2v) is 6.85. The Morgan fingerprint density at radius 1 is 1.21 bits per heavy atom. The van der Waals surface area contributed by atoms with Crippen molar-refractivity contribution >= 4 is 23.3 Å². The highest BCUT2D eigenvalue weighted by atomic mass is 35.5. The van der Waals surface area contributed by atoms with Crippen molar-refractivity contribution in [2.45, 2.75) is 33.3 Å². The molecule has 0 N–H and O–H groups in total. The average Bonchev–Trinajstić information content (AvgIpc) is 3.36. The zero-order valence-electron chi connectivity index (χ0n) is 15.8. The lowest BCUT2D eigenvalue weighted by Crippen LogP contribution is -2.10. The monoisotopic (exact) mass is 412 g/mol. The van der Waals surface area contributed by atoms with Gasteiger partial charge < -0.3 is 9.26 Å². The van der Waals surface area contributed by atoms with Crippen LogP contribution in [0, 0.1) is 13.8 Å². The maximum absolute atomic E-state index is 12.2. The Morgan fingerprint density at radius 2 is 2.00 bits per heavy atom. The third-order valence-corrected chi connectivity index (χ3v) is 4.75. The van der Waals surface area contributed by atoms with Gasteiger partial charge in [-0.25, -0.2) is 9.50 Å². The highest BCUT2D eigenvalue weighted by Crippen LogP contribution is 2.19. The molecule has 9 nitrogen and oxygen atoms in total. The van der Waals surface area contributed by atoms with E-state index in [4.69, 9.17) is 20.9 Å². The number of hydrogen-bond acceptors (Lipinski definition) is 8. The first-order chi connectivity index (χ1) is 14.0. The normalized spacial score (nSPS) is 11.1. The Kier molecular flexibility index (Phi) is 5.22. The SMILES string of the molecule is Cc1nc2ncnn2c(C)c1CCC(=O)OCc1nc(-c2ccc(Cl)cc2)no1. The number of benzene rings is 1. The first-order valence-electron chi connectivity index (χ1n) is 8.91. The van der Waals surface area contributed by atoms with Crippen molar-refractivity contribution in [3.8, 4) is 11.4 Å².